The average Bonchev–Trinajstić information content (AvgIpc) is 3.14. The van der Waals surface area contributed by atoms with Crippen LogP contribution in [0.4, 0.5) is 0 Å². The largest absolute Gasteiger partial charge is 0.469 e. The molecular weight excluding hydrogens is 413 g/mol. The van der Waals surface area contributed by atoms with E-state index in [1.807, 2.05) is 12.1 Å². The minimum Gasteiger partial charge on any atom is -0.378 e. The Kier molecular flexibility index (Phi) is 9.95. The van der Waals surface area contributed by atoms with Gasteiger partial charge < -0.3 is 20.3 Å². The van der Waals surface area contributed by atoms with E-state index in [0.29, 0.717) is 25.4 Å². The summed E-state index contributed by atoms with van der Waals surface area (Å²) in [5, 5.41) is 0. The molecule has 2 rings (SSSR count). The van der Waals surface area contributed by atoms with Gasteiger partial charge in [-0.05, 0) is 57.6 Å². The molecule has 1 heterocycles. The lowest BCUT2D eigenvalue weighted by molar-refractivity contribution is 0.0264. The molecule has 4 N–H and O–H groups in total. The summed E-state index contributed by atoms with van der Waals surface area (Å²) in [6.07, 6.45) is 10.0. The summed E-state index contributed by atoms with van der Waals surface area (Å²) in [5.74, 6) is 0.152. The maximum Gasteiger partial charge on any atom is 0.469 e. The molecule has 1 aromatic rings. The van der Waals surface area contributed by atoms with Crippen LogP contribution in [0.3, 0.4) is 0 Å². The molecule has 29 heavy (non-hydrogen) atoms. The van der Waals surface area contributed by atoms with Crippen molar-refractivity contribution < 1.29 is 28.4 Å². The molecule has 1 saturated carbocycles. The maximum atomic E-state index is 12.4. The minimum atomic E-state index is -4.52. The molecule has 1 atom stereocenters. The maximum absolute atomic E-state index is 12.4. The highest BCUT2D eigenvalue weighted by molar-refractivity contribution is 7.46. The van der Waals surface area contributed by atoms with Crippen LogP contribution in [0.2, 0.25) is 0 Å². The van der Waals surface area contributed by atoms with E-state index in [4.69, 9.17) is 20.3 Å². The zero-order valence-electron chi connectivity index (χ0n) is 17.2. The number of phosphoric acid groups is 1. The van der Waals surface area contributed by atoms with Gasteiger partial charge in [0.1, 0.15) is 0 Å². The number of nitrogens with two attached hydrogens (primary N) is 1. The van der Waals surface area contributed by atoms with Gasteiger partial charge in [-0.1, -0.05) is 19.3 Å². The van der Waals surface area contributed by atoms with Crippen molar-refractivity contribution in [3.05, 3.63) is 21.9 Å². The fourth-order valence-corrected chi connectivity index (χ4v) is 4.80. The van der Waals surface area contributed by atoms with Crippen LogP contribution in [-0.4, -0.2) is 40.4 Å². The molecular formula is C20H34NO6PS. The van der Waals surface area contributed by atoms with E-state index in [9.17, 15) is 9.36 Å². The lowest BCUT2D eigenvalue weighted by atomic mass is 9.98. The molecule has 7 nitrogen and oxygen atoms in total. The number of carbonyl (C=O) groups excluding carboxylic acids is 1. The van der Waals surface area contributed by atoms with Gasteiger partial charge in [0.15, 0.2) is 5.78 Å². The fraction of sp³-hybridized carbons (Fsp3) is 0.750. The van der Waals surface area contributed by atoms with Gasteiger partial charge in [-0.25, -0.2) is 4.57 Å². The van der Waals surface area contributed by atoms with Crippen LogP contribution in [0.25, 0.3) is 0 Å². The zero-order chi connectivity index (χ0) is 21.3. The summed E-state index contributed by atoms with van der Waals surface area (Å²) < 4.78 is 21.2. The number of hydrogen-bond acceptors (Lipinski definition) is 6. The van der Waals surface area contributed by atoms with Gasteiger partial charge in [0.05, 0.1) is 17.6 Å². The molecule has 1 aliphatic rings. The topological polar surface area (TPSA) is 119 Å². The number of carbonyl (C=O) groups is 1. The Balaban J connectivity index is 1.65. The second kappa shape index (κ2) is 11.7. The van der Waals surface area contributed by atoms with Crippen LogP contribution in [0.5, 0.6) is 0 Å². The first-order valence-corrected chi connectivity index (χ1v) is 12.7. The van der Waals surface area contributed by atoms with E-state index in [0.717, 1.165) is 29.2 Å². The highest BCUT2D eigenvalue weighted by atomic mass is 32.1. The molecule has 9 heteroatoms. The van der Waals surface area contributed by atoms with Gasteiger partial charge in [-0.2, -0.15) is 0 Å². The van der Waals surface area contributed by atoms with E-state index in [2.05, 4.69) is 4.52 Å². The number of thiophene rings is 1. The third-order valence-corrected chi connectivity index (χ3v) is 6.80. The van der Waals surface area contributed by atoms with Crippen molar-refractivity contribution in [2.45, 2.75) is 82.8 Å². The SMILES string of the molecule is CC(N)(CCc1ccc(C(=O)CCCCOC2CCCCC2)s1)COP(=O)(O)O. The van der Waals surface area contributed by atoms with Crippen LogP contribution in [0, 0.1) is 0 Å². The first kappa shape index (κ1) is 24.7. The van der Waals surface area contributed by atoms with E-state index in [1.54, 1.807) is 6.92 Å². The lowest BCUT2D eigenvalue weighted by Gasteiger charge is -2.24. The third-order valence-electron chi connectivity index (χ3n) is 5.15. The predicted octanol–water partition coefficient (Wildman–Crippen LogP) is 4.21. The summed E-state index contributed by atoms with van der Waals surface area (Å²) in [4.78, 5) is 31.7. The van der Waals surface area contributed by atoms with Gasteiger partial charge in [0, 0.05) is 23.4 Å². The van der Waals surface area contributed by atoms with Gasteiger partial charge in [0.2, 0.25) is 0 Å². The Morgan fingerprint density at radius 3 is 2.69 bits per heavy atom. The normalized spacial score (nSPS) is 17.9. The fourth-order valence-electron chi connectivity index (χ4n) is 3.37. The van der Waals surface area contributed by atoms with Crippen LogP contribution >= 0.6 is 19.2 Å². The van der Waals surface area contributed by atoms with Crippen molar-refractivity contribution in [3.63, 3.8) is 0 Å². The number of ketones is 1. The second-order valence-corrected chi connectivity index (χ2v) is 10.6. The van der Waals surface area contributed by atoms with Crippen LogP contribution in [-0.2, 0) is 20.2 Å². The molecule has 1 aliphatic carbocycles. The Hall–Kier alpha value is -0.600. The molecule has 1 aromatic heterocycles. The second-order valence-electron chi connectivity index (χ2n) is 8.20. The average molecular weight is 448 g/mol. The predicted molar refractivity (Wildman–Crippen MR) is 114 cm³/mol. The number of aryl methyl sites for hydroxylation is 1. The number of ether oxygens (including phenoxy) is 1. The Labute approximate surface area is 177 Å². The van der Waals surface area contributed by atoms with Crippen molar-refractivity contribution in [1.82, 2.24) is 0 Å². The van der Waals surface area contributed by atoms with Crippen molar-refractivity contribution in [2.24, 2.45) is 5.73 Å². The van der Waals surface area contributed by atoms with Crippen LogP contribution < -0.4 is 5.73 Å². The molecule has 1 unspecified atom stereocenters. The Bertz CT molecular complexity index is 680. The number of Topliss-reactive ketones (excluding diaryl/α,β-unsaturated/α-hetero) is 1. The number of phosphoric ester groups is 1. The van der Waals surface area contributed by atoms with E-state index >= 15 is 0 Å². The standard InChI is InChI=1S/C20H34NO6PS/c1-20(21,15-27-28(23,24)25)13-12-17-10-11-19(29-17)18(22)9-5-6-14-26-16-7-3-2-4-8-16/h10-11,16H,2-9,12-15,21H2,1H3,(H2,23,24,25). The third kappa shape index (κ3) is 10.3. The van der Waals surface area contributed by atoms with Crippen molar-refractivity contribution in [3.8, 4) is 0 Å². The Morgan fingerprint density at radius 2 is 2.00 bits per heavy atom. The molecule has 0 bridgehead atoms. The summed E-state index contributed by atoms with van der Waals surface area (Å²) >= 11 is 1.46. The molecule has 0 aliphatic heterocycles. The van der Waals surface area contributed by atoms with Gasteiger partial charge in [-0.15, -0.1) is 11.3 Å². The zero-order valence-corrected chi connectivity index (χ0v) is 18.9. The van der Waals surface area contributed by atoms with E-state index in [1.165, 1.54) is 43.4 Å². The first-order valence-electron chi connectivity index (χ1n) is 10.4. The van der Waals surface area contributed by atoms with Gasteiger partial charge in [0.25, 0.3) is 0 Å². The highest BCUT2D eigenvalue weighted by Crippen LogP contribution is 2.37. The first-order chi connectivity index (χ1) is 13.6. The monoisotopic (exact) mass is 447 g/mol. The van der Waals surface area contributed by atoms with Crippen molar-refractivity contribution in [1.29, 1.82) is 0 Å². The molecule has 0 radical (unpaired) electrons. The number of rotatable bonds is 13. The lowest BCUT2D eigenvalue weighted by Crippen LogP contribution is -2.41. The quantitative estimate of drug-likeness (QED) is 0.235. The Morgan fingerprint density at radius 1 is 1.28 bits per heavy atom. The van der Waals surface area contributed by atoms with E-state index in [-0.39, 0.29) is 12.4 Å². The van der Waals surface area contributed by atoms with Gasteiger partial charge in [-0.3, -0.25) is 9.32 Å². The minimum absolute atomic E-state index is 0.152. The molecule has 166 valence electrons. The number of unbranched alkanes of at least 4 members (excludes halogenated alkanes) is 1. The molecule has 0 spiro atoms. The van der Waals surface area contributed by atoms with Crippen LogP contribution in [0.15, 0.2) is 12.1 Å². The van der Waals surface area contributed by atoms with Gasteiger partial charge >= 0.3 is 7.82 Å². The summed E-state index contributed by atoms with van der Waals surface area (Å²) in [7, 11) is -4.52. The molecule has 1 fully saturated rings. The smallest absolute Gasteiger partial charge is 0.378 e. The molecule has 0 aromatic carbocycles. The highest BCUT2D eigenvalue weighted by Gasteiger charge is 2.24. The summed E-state index contributed by atoms with van der Waals surface area (Å²) in [5.41, 5.74) is 5.19. The van der Waals surface area contributed by atoms with Crippen molar-refractivity contribution >= 4 is 24.9 Å². The van der Waals surface area contributed by atoms with E-state index < -0.39 is 13.4 Å². The number of hydrogen-bond donors (Lipinski definition) is 3. The summed E-state index contributed by atoms with van der Waals surface area (Å²) in [6, 6.07) is 3.77. The summed E-state index contributed by atoms with van der Waals surface area (Å²) in [6.45, 7) is 2.20. The van der Waals surface area contributed by atoms with Crippen LogP contribution in [0.1, 0.15) is 79.3 Å². The molecule has 0 amide bonds. The molecule has 0 saturated heterocycles. The van der Waals surface area contributed by atoms with Crippen molar-refractivity contribution in [2.75, 3.05) is 13.2 Å².